The van der Waals surface area contributed by atoms with Crippen molar-refractivity contribution in [2.45, 2.75) is 25.3 Å². The molecule has 26 heavy (non-hydrogen) atoms. The molecule has 0 aliphatic heterocycles. The summed E-state index contributed by atoms with van der Waals surface area (Å²) in [5.41, 5.74) is 2.23. The van der Waals surface area contributed by atoms with Gasteiger partial charge in [-0.15, -0.1) is 21.5 Å². The van der Waals surface area contributed by atoms with E-state index in [0.717, 1.165) is 10.6 Å². The van der Waals surface area contributed by atoms with E-state index in [2.05, 4.69) is 30.2 Å². The van der Waals surface area contributed by atoms with Crippen LogP contribution in [0.5, 0.6) is 0 Å². The summed E-state index contributed by atoms with van der Waals surface area (Å²) in [4.78, 5) is 1.16. The zero-order chi connectivity index (χ0) is 18.3. The van der Waals surface area contributed by atoms with Gasteiger partial charge in [0.1, 0.15) is 10.6 Å². The van der Waals surface area contributed by atoms with Gasteiger partial charge in [-0.2, -0.15) is 14.7 Å². The van der Waals surface area contributed by atoms with E-state index in [1.54, 1.807) is 35.8 Å². The third-order valence-corrected chi connectivity index (χ3v) is 6.41. The van der Waals surface area contributed by atoms with Crippen molar-refractivity contribution in [1.82, 2.24) is 34.7 Å². The molecule has 0 aliphatic rings. The van der Waals surface area contributed by atoms with Gasteiger partial charge in [-0.25, -0.2) is 13.1 Å². The highest BCUT2D eigenvalue weighted by atomic mass is 32.2. The van der Waals surface area contributed by atoms with E-state index >= 15 is 0 Å². The van der Waals surface area contributed by atoms with Gasteiger partial charge in [0, 0.05) is 0 Å². The fourth-order valence-corrected chi connectivity index (χ4v) is 4.70. The molecule has 0 spiro atoms. The Hall–Kier alpha value is -2.63. The van der Waals surface area contributed by atoms with E-state index in [1.807, 2.05) is 23.6 Å². The first kappa shape index (κ1) is 16.8. The van der Waals surface area contributed by atoms with Gasteiger partial charge in [-0.1, -0.05) is 6.07 Å². The van der Waals surface area contributed by atoms with Crippen LogP contribution in [0.1, 0.15) is 17.2 Å². The Labute approximate surface area is 153 Å². The molecule has 0 fully saturated rings. The minimum absolute atomic E-state index is 0.0333. The number of fused-ring (bicyclic) bond motifs is 1. The number of aromatic amines is 1. The Morgan fingerprint density at radius 3 is 2.77 bits per heavy atom. The number of aryl methyl sites for hydroxylation is 2. The van der Waals surface area contributed by atoms with E-state index in [4.69, 9.17) is 0 Å². The first-order valence-corrected chi connectivity index (χ1v) is 10.1. The van der Waals surface area contributed by atoms with E-state index in [-0.39, 0.29) is 11.4 Å². The summed E-state index contributed by atoms with van der Waals surface area (Å²) in [5.74, 6) is 0.404. The van der Waals surface area contributed by atoms with E-state index < -0.39 is 10.0 Å². The summed E-state index contributed by atoms with van der Waals surface area (Å²) in [5, 5.41) is 21.2. The number of thiophene rings is 1. The molecule has 2 N–H and O–H groups in total. The Kier molecular flexibility index (Phi) is 4.05. The van der Waals surface area contributed by atoms with Gasteiger partial charge >= 0.3 is 0 Å². The fourth-order valence-electron chi connectivity index (χ4n) is 2.67. The van der Waals surface area contributed by atoms with Crippen molar-refractivity contribution in [2.24, 2.45) is 0 Å². The van der Waals surface area contributed by atoms with E-state index in [9.17, 15) is 8.42 Å². The lowest BCUT2D eigenvalue weighted by Crippen LogP contribution is -2.25. The number of rotatable bonds is 5. The molecule has 0 saturated heterocycles. The average molecular weight is 389 g/mol. The second kappa shape index (κ2) is 6.27. The molecule has 9 nitrogen and oxygen atoms in total. The van der Waals surface area contributed by atoms with Crippen LogP contribution >= 0.6 is 11.3 Å². The highest BCUT2D eigenvalue weighted by Gasteiger charge is 2.23. The molecule has 4 aromatic rings. The minimum atomic E-state index is -3.73. The molecule has 0 bridgehead atoms. The second-order valence-electron chi connectivity index (χ2n) is 5.67. The second-order valence-corrected chi connectivity index (χ2v) is 8.32. The van der Waals surface area contributed by atoms with Crippen LogP contribution in [0.4, 0.5) is 0 Å². The molecular formula is C15H15N7O2S2. The standard InChI is InChI=1S/C15H15N7O2S2/c1-9-15(10(2)18-17-9)26(23,24)16-8-14-20-19-13-6-5-11(21-22(13)14)12-4-3-7-25-12/h3-7,16H,8H2,1-2H3,(H,17,18). The highest BCUT2D eigenvalue weighted by Crippen LogP contribution is 2.22. The van der Waals surface area contributed by atoms with E-state index in [1.165, 1.54) is 0 Å². The van der Waals surface area contributed by atoms with Gasteiger partial charge in [0.05, 0.1) is 22.8 Å². The van der Waals surface area contributed by atoms with Crippen LogP contribution in [0, 0.1) is 13.8 Å². The van der Waals surface area contributed by atoms with Crippen molar-refractivity contribution >= 4 is 27.0 Å². The number of sulfonamides is 1. The Morgan fingerprint density at radius 2 is 2.08 bits per heavy atom. The summed E-state index contributed by atoms with van der Waals surface area (Å²) in [6.07, 6.45) is 0. The monoisotopic (exact) mass is 389 g/mol. The first-order chi connectivity index (χ1) is 12.5. The fraction of sp³-hybridized carbons (Fsp3) is 0.200. The molecule has 0 unspecified atom stereocenters. The van der Waals surface area contributed by atoms with Gasteiger partial charge in [0.15, 0.2) is 11.5 Å². The van der Waals surface area contributed by atoms with Crippen molar-refractivity contribution in [2.75, 3.05) is 0 Å². The summed E-state index contributed by atoms with van der Waals surface area (Å²) in [6.45, 7) is 3.27. The Balaban J connectivity index is 1.64. The van der Waals surface area contributed by atoms with Crippen molar-refractivity contribution in [3.63, 3.8) is 0 Å². The predicted octanol–water partition coefficient (Wildman–Crippen LogP) is 1.67. The van der Waals surface area contributed by atoms with Crippen LogP contribution in [-0.4, -0.2) is 38.4 Å². The molecule has 0 atom stereocenters. The molecule has 0 saturated carbocycles. The topological polar surface area (TPSA) is 118 Å². The van der Waals surface area contributed by atoms with Crippen LogP contribution in [-0.2, 0) is 16.6 Å². The predicted molar refractivity (Wildman–Crippen MR) is 96.2 cm³/mol. The van der Waals surface area contributed by atoms with Crippen molar-refractivity contribution in [3.05, 3.63) is 46.9 Å². The SMILES string of the molecule is Cc1n[nH]c(C)c1S(=O)(=O)NCc1nnc2ccc(-c3cccs3)nn12. The number of hydrogen-bond acceptors (Lipinski definition) is 7. The summed E-state index contributed by atoms with van der Waals surface area (Å²) in [6, 6.07) is 7.58. The van der Waals surface area contributed by atoms with Gasteiger partial charge in [0.25, 0.3) is 0 Å². The van der Waals surface area contributed by atoms with E-state index in [0.29, 0.717) is 22.9 Å². The quantitative estimate of drug-likeness (QED) is 0.536. The van der Waals surface area contributed by atoms with Gasteiger partial charge in [-0.3, -0.25) is 5.10 Å². The van der Waals surface area contributed by atoms with Gasteiger partial charge in [-0.05, 0) is 37.4 Å². The molecule has 4 heterocycles. The van der Waals surface area contributed by atoms with Crippen molar-refractivity contribution < 1.29 is 8.42 Å². The molecule has 134 valence electrons. The zero-order valence-corrected chi connectivity index (χ0v) is 15.6. The maximum atomic E-state index is 12.6. The maximum absolute atomic E-state index is 12.6. The summed E-state index contributed by atoms with van der Waals surface area (Å²) in [7, 11) is -3.73. The smallest absolute Gasteiger partial charge is 0.244 e. The molecule has 0 aromatic carbocycles. The number of nitrogens with zero attached hydrogens (tertiary/aromatic N) is 5. The van der Waals surface area contributed by atoms with Crippen LogP contribution < -0.4 is 4.72 Å². The number of nitrogens with one attached hydrogen (secondary N) is 2. The molecule has 0 aliphatic carbocycles. The zero-order valence-electron chi connectivity index (χ0n) is 14.0. The minimum Gasteiger partial charge on any atom is -0.281 e. The third kappa shape index (κ3) is 2.89. The molecule has 11 heteroatoms. The summed E-state index contributed by atoms with van der Waals surface area (Å²) >= 11 is 1.57. The lowest BCUT2D eigenvalue weighted by molar-refractivity contribution is 0.577. The average Bonchev–Trinajstić information content (AvgIpc) is 3.33. The number of H-pyrrole nitrogens is 1. The maximum Gasteiger partial charge on any atom is 0.244 e. The molecule has 0 radical (unpaired) electrons. The van der Waals surface area contributed by atoms with Crippen LogP contribution in [0.3, 0.4) is 0 Å². The highest BCUT2D eigenvalue weighted by molar-refractivity contribution is 7.89. The molecule has 4 rings (SSSR count). The number of aromatic nitrogens is 6. The lowest BCUT2D eigenvalue weighted by atomic mass is 10.3. The normalized spacial score (nSPS) is 12.1. The molecule has 4 aromatic heterocycles. The van der Waals surface area contributed by atoms with Crippen molar-refractivity contribution in [3.8, 4) is 10.6 Å². The number of hydrogen-bond donors (Lipinski definition) is 2. The van der Waals surface area contributed by atoms with Gasteiger partial charge in [0.2, 0.25) is 10.0 Å². The molecule has 0 amide bonds. The largest absolute Gasteiger partial charge is 0.281 e. The molecular weight excluding hydrogens is 374 g/mol. The third-order valence-electron chi connectivity index (χ3n) is 3.85. The first-order valence-electron chi connectivity index (χ1n) is 7.72. The lowest BCUT2D eigenvalue weighted by Gasteiger charge is -2.06. The van der Waals surface area contributed by atoms with Crippen LogP contribution in [0.25, 0.3) is 16.2 Å². The van der Waals surface area contributed by atoms with Crippen molar-refractivity contribution in [1.29, 1.82) is 0 Å². The van der Waals surface area contributed by atoms with Gasteiger partial charge < -0.3 is 0 Å². The summed E-state index contributed by atoms with van der Waals surface area (Å²) < 4.78 is 29.2. The van der Waals surface area contributed by atoms with Crippen LogP contribution in [0.15, 0.2) is 34.5 Å². The Morgan fingerprint density at radius 1 is 1.23 bits per heavy atom. The Bertz CT molecular complexity index is 1160. The van der Waals surface area contributed by atoms with Crippen LogP contribution in [0.2, 0.25) is 0 Å².